The fraction of sp³-hybridized carbons (Fsp3) is 0.760. The van der Waals surface area contributed by atoms with Gasteiger partial charge in [-0.3, -0.25) is 0 Å². The van der Waals surface area contributed by atoms with Crippen LogP contribution in [0.15, 0.2) is 0 Å². The quantitative estimate of drug-likeness (QED) is 0.630. The molecule has 31 heavy (non-hydrogen) atoms. The molecule has 5 atom stereocenters. The second-order valence-corrected chi connectivity index (χ2v) is 9.90. The number of benzene rings is 1. The molecule has 4 rings (SSSR count). The van der Waals surface area contributed by atoms with Crippen LogP contribution in [0.1, 0.15) is 75.2 Å². The Morgan fingerprint density at radius 1 is 0.903 bits per heavy atom. The normalized spacial score (nSPS) is 34.2. The third kappa shape index (κ3) is 2.94. The number of hydrogen-bond donors (Lipinski definition) is 0. The minimum absolute atomic E-state index is 0.0595. The molecule has 0 N–H and O–H groups in total. The maximum Gasteiger partial charge on any atom is 0.168 e. The van der Waals surface area contributed by atoms with Crippen LogP contribution < -0.4 is 14.2 Å². The van der Waals surface area contributed by atoms with Crippen molar-refractivity contribution in [3.8, 4) is 17.2 Å². The summed E-state index contributed by atoms with van der Waals surface area (Å²) < 4.78 is 36.8. The molecule has 174 valence electrons. The third-order valence-electron chi connectivity index (χ3n) is 8.15. The number of hydrogen-bond acceptors (Lipinski definition) is 6. The van der Waals surface area contributed by atoms with Crippen LogP contribution >= 0.6 is 0 Å². The molecular weight excluding hydrogens is 396 g/mol. The molecule has 0 amide bonds. The summed E-state index contributed by atoms with van der Waals surface area (Å²) >= 11 is 0. The molecular formula is C25H38O6. The molecule has 3 aliphatic rings. The fourth-order valence-corrected chi connectivity index (χ4v) is 6.99. The molecule has 1 saturated carbocycles. The van der Waals surface area contributed by atoms with Crippen molar-refractivity contribution in [3.63, 3.8) is 0 Å². The van der Waals surface area contributed by atoms with E-state index in [1.165, 1.54) is 0 Å². The van der Waals surface area contributed by atoms with Crippen LogP contribution in [0.3, 0.4) is 0 Å². The Morgan fingerprint density at radius 3 is 2.13 bits per heavy atom. The zero-order valence-electron chi connectivity index (χ0n) is 20.3. The van der Waals surface area contributed by atoms with Crippen molar-refractivity contribution in [1.29, 1.82) is 0 Å². The van der Waals surface area contributed by atoms with E-state index >= 15 is 0 Å². The SMILES string of the molecule is COc1c(OC)c2c(c(OC)c1C(C)C)[C@H](OC)C[C@H]1[C@]3(C)CCC[C@]21[C@H](OC)OC3. The highest BCUT2D eigenvalue weighted by atomic mass is 16.7. The molecule has 2 aliphatic carbocycles. The number of methoxy groups -OCH3 is 5. The fourth-order valence-electron chi connectivity index (χ4n) is 6.99. The topological polar surface area (TPSA) is 55.4 Å². The summed E-state index contributed by atoms with van der Waals surface area (Å²) in [6, 6.07) is 0. The van der Waals surface area contributed by atoms with Crippen LogP contribution in [0.5, 0.6) is 17.2 Å². The van der Waals surface area contributed by atoms with Crippen LogP contribution in [0.2, 0.25) is 0 Å². The number of rotatable bonds is 6. The predicted octanol–water partition coefficient (Wildman–Crippen LogP) is 4.97. The van der Waals surface area contributed by atoms with Crippen molar-refractivity contribution in [2.45, 2.75) is 70.2 Å². The number of fused-ring (bicyclic) bond motifs is 1. The summed E-state index contributed by atoms with van der Waals surface area (Å²) in [6.07, 6.45) is 3.70. The lowest BCUT2D eigenvalue weighted by atomic mass is 9.47. The predicted molar refractivity (Wildman–Crippen MR) is 118 cm³/mol. The van der Waals surface area contributed by atoms with Gasteiger partial charge in [0.15, 0.2) is 17.8 Å². The van der Waals surface area contributed by atoms with Gasteiger partial charge in [-0.1, -0.05) is 27.2 Å². The third-order valence-corrected chi connectivity index (χ3v) is 8.15. The summed E-state index contributed by atoms with van der Waals surface area (Å²) in [4.78, 5) is 0. The van der Waals surface area contributed by atoms with E-state index in [0.29, 0.717) is 12.5 Å². The molecule has 1 aromatic carbocycles. The van der Waals surface area contributed by atoms with Gasteiger partial charge in [0.1, 0.15) is 5.75 Å². The molecule has 2 bridgehead atoms. The maximum absolute atomic E-state index is 6.41. The van der Waals surface area contributed by atoms with Crippen molar-refractivity contribution in [2.75, 3.05) is 42.2 Å². The van der Waals surface area contributed by atoms with E-state index < -0.39 is 0 Å². The van der Waals surface area contributed by atoms with Crippen LogP contribution in [0.25, 0.3) is 0 Å². The lowest BCUT2D eigenvalue weighted by Gasteiger charge is -2.63. The zero-order valence-corrected chi connectivity index (χ0v) is 20.3. The van der Waals surface area contributed by atoms with E-state index in [1.807, 2.05) is 0 Å². The lowest BCUT2D eigenvalue weighted by molar-refractivity contribution is -0.272. The van der Waals surface area contributed by atoms with Gasteiger partial charge in [0.25, 0.3) is 0 Å². The largest absolute Gasteiger partial charge is 0.496 e. The highest BCUT2D eigenvalue weighted by molar-refractivity contribution is 5.68. The summed E-state index contributed by atoms with van der Waals surface area (Å²) in [5.74, 6) is 2.89. The van der Waals surface area contributed by atoms with Gasteiger partial charge in [0.05, 0.1) is 39.5 Å². The first-order valence-corrected chi connectivity index (χ1v) is 11.4. The van der Waals surface area contributed by atoms with Gasteiger partial charge >= 0.3 is 0 Å². The molecule has 6 heteroatoms. The lowest BCUT2D eigenvalue weighted by Crippen LogP contribution is -2.64. The van der Waals surface area contributed by atoms with Crippen LogP contribution in [-0.2, 0) is 19.6 Å². The smallest absolute Gasteiger partial charge is 0.168 e. The monoisotopic (exact) mass is 434 g/mol. The molecule has 2 fully saturated rings. The summed E-state index contributed by atoms with van der Waals surface area (Å²) in [5.41, 5.74) is 2.89. The molecule has 0 radical (unpaired) electrons. The van der Waals surface area contributed by atoms with Crippen LogP contribution in [0.4, 0.5) is 0 Å². The first-order chi connectivity index (χ1) is 14.8. The Labute approximate surface area is 186 Å². The Hall–Kier alpha value is -1.50. The van der Waals surface area contributed by atoms with E-state index in [-0.39, 0.29) is 29.1 Å². The Morgan fingerprint density at radius 2 is 1.58 bits per heavy atom. The Bertz CT molecular complexity index is 836. The first-order valence-electron chi connectivity index (χ1n) is 11.4. The molecule has 1 heterocycles. The molecule has 0 unspecified atom stereocenters. The van der Waals surface area contributed by atoms with Crippen molar-refractivity contribution in [1.82, 2.24) is 0 Å². The van der Waals surface area contributed by atoms with Gasteiger partial charge in [-0.2, -0.15) is 0 Å². The van der Waals surface area contributed by atoms with Gasteiger partial charge in [-0.15, -0.1) is 0 Å². The van der Waals surface area contributed by atoms with E-state index in [1.54, 1.807) is 35.5 Å². The molecule has 1 aromatic rings. The second-order valence-electron chi connectivity index (χ2n) is 9.90. The van der Waals surface area contributed by atoms with Gasteiger partial charge in [0, 0.05) is 30.9 Å². The summed E-state index contributed by atoms with van der Waals surface area (Å²) in [5, 5.41) is 0. The Balaban J connectivity index is 2.15. The van der Waals surface area contributed by atoms with E-state index in [9.17, 15) is 0 Å². The second kappa shape index (κ2) is 8.13. The van der Waals surface area contributed by atoms with Crippen molar-refractivity contribution in [2.24, 2.45) is 11.3 Å². The highest BCUT2D eigenvalue weighted by Gasteiger charge is 2.65. The average Bonchev–Trinajstić information content (AvgIpc) is 2.76. The van der Waals surface area contributed by atoms with Crippen LogP contribution in [0, 0.1) is 11.3 Å². The van der Waals surface area contributed by atoms with Crippen molar-refractivity contribution >= 4 is 0 Å². The van der Waals surface area contributed by atoms with Gasteiger partial charge in [-0.25, -0.2) is 0 Å². The highest BCUT2D eigenvalue weighted by Crippen LogP contribution is 2.68. The van der Waals surface area contributed by atoms with Crippen molar-refractivity contribution < 1.29 is 28.4 Å². The summed E-state index contributed by atoms with van der Waals surface area (Å²) in [6.45, 7) is 7.36. The maximum atomic E-state index is 6.41. The molecule has 0 aromatic heterocycles. The molecule has 0 spiro atoms. The molecule has 1 aliphatic heterocycles. The van der Waals surface area contributed by atoms with E-state index in [4.69, 9.17) is 28.4 Å². The van der Waals surface area contributed by atoms with Gasteiger partial charge in [0.2, 0.25) is 0 Å². The standard InChI is InChI=1S/C25H38O6/c1-14(2)17-20(27-5)18-15(26-4)12-16-24(3)10-9-11-25(16,23(30-8)31-13-24)19(18)22(29-7)21(17)28-6/h14-16,23H,9-13H2,1-8H3/t15-,16+,23-,24-,25-/m1/s1. The average molecular weight is 435 g/mol. The van der Waals surface area contributed by atoms with E-state index in [0.717, 1.165) is 59.6 Å². The number of ether oxygens (including phenoxy) is 6. The molecule has 6 nitrogen and oxygen atoms in total. The van der Waals surface area contributed by atoms with Gasteiger partial charge in [-0.05, 0) is 36.5 Å². The molecule has 1 saturated heterocycles. The van der Waals surface area contributed by atoms with Crippen LogP contribution in [-0.4, -0.2) is 48.4 Å². The minimum atomic E-state index is -0.351. The van der Waals surface area contributed by atoms with E-state index in [2.05, 4.69) is 20.8 Å². The minimum Gasteiger partial charge on any atom is -0.496 e. The Kier molecular flexibility index (Phi) is 5.95. The van der Waals surface area contributed by atoms with Crippen molar-refractivity contribution in [3.05, 3.63) is 16.7 Å². The first kappa shape index (κ1) is 22.7. The summed E-state index contributed by atoms with van der Waals surface area (Å²) in [7, 11) is 8.71. The van der Waals surface area contributed by atoms with Gasteiger partial charge < -0.3 is 28.4 Å². The zero-order chi connectivity index (χ0) is 22.6.